The van der Waals surface area contributed by atoms with Gasteiger partial charge in [0.25, 0.3) is 5.69 Å². The maximum Gasteiger partial charge on any atom is 0.292 e. The van der Waals surface area contributed by atoms with Gasteiger partial charge in [-0.05, 0) is 34.1 Å². The predicted octanol–water partition coefficient (Wildman–Crippen LogP) is 3.60. The topological polar surface area (TPSA) is 68.3 Å². The molecule has 18 heavy (non-hydrogen) atoms. The van der Waals surface area contributed by atoms with E-state index in [-0.39, 0.29) is 5.69 Å². The summed E-state index contributed by atoms with van der Waals surface area (Å²) >= 11 is 3.22. The van der Waals surface area contributed by atoms with Gasteiger partial charge in [-0.25, -0.2) is 0 Å². The lowest BCUT2D eigenvalue weighted by Crippen LogP contribution is -2.06. The summed E-state index contributed by atoms with van der Waals surface area (Å²) in [6.45, 7) is 0.574. The van der Waals surface area contributed by atoms with Crippen LogP contribution < -0.4 is 5.32 Å². The monoisotopic (exact) mass is 310 g/mol. The van der Waals surface area contributed by atoms with Crippen molar-refractivity contribution in [2.24, 2.45) is 0 Å². The molecule has 0 unspecified atom stereocenters. The lowest BCUT2D eigenvalue weighted by molar-refractivity contribution is -0.384. The Labute approximate surface area is 112 Å². The zero-order chi connectivity index (χ0) is 13.0. The van der Waals surface area contributed by atoms with Crippen molar-refractivity contribution >= 4 is 27.3 Å². The molecule has 6 heteroatoms. The fourth-order valence-corrected chi connectivity index (χ4v) is 1.93. The van der Waals surface area contributed by atoms with Gasteiger partial charge in [0.2, 0.25) is 0 Å². The largest absolute Gasteiger partial charge is 0.454 e. The maximum atomic E-state index is 10.8. The van der Waals surface area contributed by atoms with E-state index in [2.05, 4.69) is 21.2 Å². The van der Waals surface area contributed by atoms with Crippen molar-refractivity contribution in [1.82, 2.24) is 0 Å². The number of hydrogen-bond acceptors (Lipinski definition) is 4. The molecule has 0 radical (unpaired) electrons. The van der Waals surface area contributed by atoms with Gasteiger partial charge in [-0.1, -0.05) is 12.1 Å². The van der Waals surface area contributed by atoms with Crippen LogP contribution in [-0.2, 0) is 6.42 Å². The highest BCUT2D eigenvalue weighted by Crippen LogP contribution is 2.23. The molecular formula is C12H11BrN2O3. The Balaban J connectivity index is 1.96. The lowest BCUT2D eigenvalue weighted by Gasteiger charge is -2.05. The zero-order valence-corrected chi connectivity index (χ0v) is 11.0. The second kappa shape index (κ2) is 5.68. The lowest BCUT2D eigenvalue weighted by atomic mass is 10.2. The third-order valence-electron chi connectivity index (χ3n) is 2.42. The number of furan rings is 1. The zero-order valence-electron chi connectivity index (χ0n) is 9.43. The quantitative estimate of drug-likeness (QED) is 0.676. The molecule has 0 amide bonds. The average Bonchev–Trinajstić information content (AvgIpc) is 2.75. The second-order valence-electron chi connectivity index (χ2n) is 3.66. The molecule has 5 nitrogen and oxygen atoms in total. The first-order valence-electron chi connectivity index (χ1n) is 5.38. The van der Waals surface area contributed by atoms with E-state index >= 15 is 0 Å². The van der Waals surface area contributed by atoms with Crippen molar-refractivity contribution in [3.05, 3.63) is 56.9 Å². The minimum Gasteiger partial charge on any atom is -0.454 e. The number of nitrogens with one attached hydrogen (secondary N) is 1. The number of rotatable bonds is 5. The van der Waals surface area contributed by atoms with Crippen LogP contribution in [0.4, 0.5) is 11.4 Å². The summed E-state index contributed by atoms with van der Waals surface area (Å²) in [7, 11) is 0. The minimum atomic E-state index is -0.397. The maximum absolute atomic E-state index is 10.8. The minimum absolute atomic E-state index is 0.0816. The van der Waals surface area contributed by atoms with E-state index in [0.29, 0.717) is 23.3 Å². The van der Waals surface area contributed by atoms with Gasteiger partial charge in [-0.15, -0.1) is 0 Å². The van der Waals surface area contributed by atoms with E-state index in [4.69, 9.17) is 4.42 Å². The molecule has 0 aliphatic heterocycles. The molecule has 94 valence electrons. The van der Waals surface area contributed by atoms with Crippen LogP contribution in [0.25, 0.3) is 0 Å². The fraction of sp³-hybridized carbons (Fsp3) is 0.167. The van der Waals surface area contributed by atoms with Crippen LogP contribution in [0.2, 0.25) is 0 Å². The van der Waals surface area contributed by atoms with E-state index in [0.717, 1.165) is 5.76 Å². The van der Waals surface area contributed by atoms with Crippen molar-refractivity contribution in [2.45, 2.75) is 6.42 Å². The molecule has 0 spiro atoms. The molecule has 0 aliphatic carbocycles. The number of hydrogen-bond donors (Lipinski definition) is 1. The van der Waals surface area contributed by atoms with Gasteiger partial charge in [0.15, 0.2) is 4.67 Å². The van der Waals surface area contributed by atoms with E-state index in [1.54, 1.807) is 18.2 Å². The fourth-order valence-electron chi connectivity index (χ4n) is 1.59. The van der Waals surface area contributed by atoms with Crippen molar-refractivity contribution < 1.29 is 9.34 Å². The van der Waals surface area contributed by atoms with Gasteiger partial charge in [0.1, 0.15) is 11.4 Å². The number of nitro benzene ring substituents is 1. The second-order valence-corrected chi connectivity index (χ2v) is 4.44. The summed E-state index contributed by atoms with van der Waals surface area (Å²) in [6, 6.07) is 10.3. The summed E-state index contributed by atoms with van der Waals surface area (Å²) in [5.41, 5.74) is 0.603. The van der Waals surface area contributed by atoms with Gasteiger partial charge in [0.05, 0.1) is 4.92 Å². The van der Waals surface area contributed by atoms with Crippen LogP contribution in [0.1, 0.15) is 5.76 Å². The van der Waals surface area contributed by atoms with E-state index < -0.39 is 4.92 Å². The summed E-state index contributed by atoms with van der Waals surface area (Å²) in [5.74, 6) is 0.827. The summed E-state index contributed by atoms with van der Waals surface area (Å²) < 4.78 is 6.03. The summed E-state index contributed by atoms with van der Waals surface area (Å²) in [6.07, 6.45) is 0.664. The van der Waals surface area contributed by atoms with Gasteiger partial charge in [-0.3, -0.25) is 10.1 Å². The van der Waals surface area contributed by atoms with Crippen molar-refractivity contribution in [3.63, 3.8) is 0 Å². The first-order valence-corrected chi connectivity index (χ1v) is 6.17. The Hall–Kier alpha value is -1.82. The molecule has 1 aromatic carbocycles. The van der Waals surface area contributed by atoms with E-state index in [1.165, 1.54) is 6.07 Å². The first kappa shape index (κ1) is 12.6. The van der Waals surface area contributed by atoms with E-state index in [9.17, 15) is 10.1 Å². The Morgan fingerprint density at radius 3 is 2.72 bits per heavy atom. The third-order valence-corrected chi connectivity index (χ3v) is 2.84. The van der Waals surface area contributed by atoms with Crippen LogP contribution in [0, 0.1) is 10.1 Å². The van der Waals surface area contributed by atoms with Crippen LogP contribution in [0.3, 0.4) is 0 Å². The molecule has 0 saturated heterocycles. The standard InChI is InChI=1S/C12H11BrN2O3/c13-12-6-5-9(18-12)7-8-14-10-3-1-2-4-11(10)15(16)17/h1-6,14H,7-8H2. The molecule has 1 aromatic heterocycles. The first-order chi connectivity index (χ1) is 8.66. The molecule has 0 atom stereocenters. The highest BCUT2D eigenvalue weighted by atomic mass is 79.9. The number of nitrogens with zero attached hydrogens (tertiary/aromatic N) is 1. The smallest absolute Gasteiger partial charge is 0.292 e. The number of anilines is 1. The molecule has 0 saturated carbocycles. The Kier molecular flexibility index (Phi) is 3.99. The summed E-state index contributed by atoms with van der Waals surface area (Å²) in [5, 5.41) is 13.8. The number of benzene rings is 1. The molecule has 0 aliphatic rings. The third kappa shape index (κ3) is 3.10. The number of halogens is 1. The van der Waals surface area contributed by atoms with Crippen LogP contribution in [0.5, 0.6) is 0 Å². The Morgan fingerprint density at radius 2 is 2.06 bits per heavy atom. The molecule has 2 rings (SSSR count). The molecule has 1 N–H and O–H groups in total. The Morgan fingerprint density at radius 1 is 1.28 bits per heavy atom. The van der Waals surface area contributed by atoms with Gasteiger partial charge in [-0.2, -0.15) is 0 Å². The molecule has 2 aromatic rings. The van der Waals surface area contributed by atoms with Crippen molar-refractivity contribution in [1.29, 1.82) is 0 Å². The normalized spacial score (nSPS) is 10.3. The van der Waals surface area contributed by atoms with Gasteiger partial charge in [0, 0.05) is 19.0 Å². The molecular weight excluding hydrogens is 300 g/mol. The van der Waals surface area contributed by atoms with Crippen LogP contribution in [-0.4, -0.2) is 11.5 Å². The Bertz CT molecular complexity index is 554. The summed E-state index contributed by atoms with van der Waals surface area (Å²) in [4.78, 5) is 10.4. The number of nitro groups is 1. The predicted molar refractivity (Wildman–Crippen MR) is 71.7 cm³/mol. The van der Waals surface area contributed by atoms with Crippen LogP contribution in [0.15, 0.2) is 45.5 Å². The van der Waals surface area contributed by atoms with Crippen molar-refractivity contribution in [3.8, 4) is 0 Å². The SMILES string of the molecule is O=[N+]([O-])c1ccccc1NCCc1ccc(Br)o1. The van der Waals surface area contributed by atoms with Gasteiger partial charge < -0.3 is 9.73 Å². The highest BCUT2D eigenvalue weighted by molar-refractivity contribution is 9.10. The highest BCUT2D eigenvalue weighted by Gasteiger charge is 2.11. The van der Waals surface area contributed by atoms with E-state index in [1.807, 2.05) is 12.1 Å². The molecule has 0 bridgehead atoms. The average molecular weight is 311 g/mol. The van der Waals surface area contributed by atoms with Gasteiger partial charge >= 0.3 is 0 Å². The molecule has 1 heterocycles. The molecule has 0 fully saturated rings. The van der Waals surface area contributed by atoms with Crippen LogP contribution >= 0.6 is 15.9 Å². The van der Waals surface area contributed by atoms with Crippen molar-refractivity contribution in [2.75, 3.05) is 11.9 Å². The number of para-hydroxylation sites is 2.